The van der Waals surface area contributed by atoms with Crippen molar-refractivity contribution in [3.8, 4) is 12.1 Å². The predicted octanol–water partition coefficient (Wildman–Crippen LogP) is 1.28. The highest BCUT2D eigenvalue weighted by Crippen LogP contribution is 2.01. The van der Waals surface area contributed by atoms with E-state index in [4.69, 9.17) is 10.5 Å². The third-order valence-electron chi connectivity index (χ3n) is 1.90. The lowest BCUT2D eigenvalue weighted by Gasteiger charge is -2.23. The zero-order valence-corrected chi connectivity index (χ0v) is 10.4. The molecular weight excluding hydrogens is 200 g/mol. The molecule has 0 rings (SSSR count). The van der Waals surface area contributed by atoms with Crippen LogP contribution in [0.1, 0.15) is 20.8 Å². The summed E-state index contributed by atoms with van der Waals surface area (Å²) in [6, 6.07) is 4.09. The van der Waals surface area contributed by atoms with Crippen molar-refractivity contribution in [1.29, 1.82) is 10.5 Å². The number of hydrogen-bond acceptors (Lipinski definition) is 4. The van der Waals surface area contributed by atoms with E-state index in [1.54, 1.807) is 4.90 Å². The molecule has 0 aliphatic rings. The van der Waals surface area contributed by atoms with Gasteiger partial charge in [0.15, 0.2) is 0 Å². The first-order chi connectivity index (χ1) is 7.39. The molecule has 88 valence electrons. The van der Waals surface area contributed by atoms with Gasteiger partial charge in [-0.2, -0.15) is 10.5 Å². The van der Waals surface area contributed by atoms with Crippen LogP contribution in [-0.2, 0) is 0 Å². The first-order valence-corrected chi connectivity index (χ1v) is 5.27. The molecule has 1 N–H and O–H groups in total. The van der Waals surface area contributed by atoms with E-state index in [0.29, 0.717) is 13.1 Å². The summed E-state index contributed by atoms with van der Waals surface area (Å²) in [5, 5.41) is 20.5. The van der Waals surface area contributed by atoms with Gasteiger partial charge >= 0.3 is 0 Å². The fourth-order valence-electron chi connectivity index (χ4n) is 1.13. The van der Waals surface area contributed by atoms with Gasteiger partial charge in [-0.25, -0.2) is 0 Å². The third-order valence-corrected chi connectivity index (χ3v) is 1.90. The van der Waals surface area contributed by atoms with E-state index in [1.165, 1.54) is 0 Å². The van der Waals surface area contributed by atoms with Crippen LogP contribution in [0.5, 0.6) is 0 Å². The summed E-state index contributed by atoms with van der Waals surface area (Å²) in [5.74, 6) is 0. The molecule has 0 amide bonds. The van der Waals surface area contributed by atoms with Gasteiger partial charge in [0.25, 0.3) is 0 Å². The molecule has 0 aliphatic carbocycles. The predicted molar refractivity (Wildman–Crippen MR) is 64.6 cm³/mol. The lowest BCUT2D eigenvalue weighted by molar-refractivity contribution is 0.361. The quantitative estimate of drug-likeness (QED) is 0.541. The highest BCUT2D eigenvalue weighted by molar-refractivity contribution is 5.03. The van der Waals surface area contributed by atoms with E-state index in [-0.39, 0.29) is 18.6 Å². The summed E-state index contributed by atoms with van der Waals surface area (Å²) in [6.07, 6.45) is 0. The average molecular weight is 220 g/mol. The van der Waals surface area contributed by atoms with Gasteiger partial charge < -0.3 is 5.32 Å². The minimum absolute atomic E-state index is 0.0538. The van der Waals surface area contributed by atoms with Crippen molar-refractivity contribution in [2.75, 3.05) is 26.2 Å². The molecule has 0 heterocycles. The van der Waals surface area contributed by atoms with E-state index in [9.17, 15) is 0 Å². The summed E-state index contributed by atoms with van der Waals surface area (Å²) in [5.41, 5.74) is 1.04. The second kappa shape index (κ2) is 7.00. The van der Waals surface area contributed by atoms with Crippen molar-refractivity contribution < 1.29 is 0 Å². The van der Waals surface area contributed by atoms with Crippen molar-refractivity contribution in [1.82, 2.24) is 10.2 Å². The Morgan fingerprint density at radius 2 is 1.75 bits per heavy atom. The Labute approximate surface area is 98.2 Å². The zero-order chi connectivity index (χ0) is 12.6. The summed E-state index contributed by atoms with van der Waals surface area (Å²) in [6.45, 7) is 12.0. The molecule has 0 unspecified atom stereocenters. The maximum Gasteiger partial charge on any atom is 0.0877 e. The molecule has 0 saturated heterocycles. The average Bonchev–Trinajstić information content (AvgIpc) is 2.14. The Morgan fingerprint density at radius 1 is 1.25 bits per heavy atom. The molecule has 0 spiro atoms. The number of hydrogen-bond donors (Lipinski definition) is 1. The largest absolute Gasteiger partial charge is 0.308 e. The van der Waals surface area contributed by atoms with Crippen LogP contribution in [0.25, 0.3) is 0 Å². The molecule has 0 saturated carbocycles. The fraction of sp³-hybridized carbons (Fsp3) is 0.667. The molecule has 0 atom stereocenters. The molecule has 0 radical (unpaired) electrons. The molecule has 0 bridgehead atoms. The number of nitrogens with zero attached hydrogens (tertiary/aromatic N) is 3. The summed E-state index contributed by atoms with van der Waals surface area (Å²) in [7, 11) is 0. The second-order valence-corrected chi connectivity index (χ2v) is 4.81. The van der Waals surface area contributed by atoms with Gasteiger partial charge in [0.05, 0.1) is 25.2 Å². The van der Waals surface area contributed by atoms with Gasteiger partial charge in [-0.05, 0) is 26.3 Å². The van der Waals surface area contributed by atoms with E-state index in [0.717, 1.165) is 5.57 Å². The van der Waals surface area contributed by atoms with Crippen LogP contribution in [0, 0.1) is 22.7 Å². The minimum atomic E-state index is 0.0538. The van der Waals surface area contributed by atoms with Gasteiger partial charge in [-0.1, -0.05) is 6.58 Å². The smallest absolute Gasteiger partial charge is 0.0877 e. The molecular formula is C12H20N4. The van der Waals surface area contributed by atoms with Crippen molar-refractivity contribution in [2.24, 2.45) is 0 Å². The van der Waals surface area contributed by atoms with Crippen LogP contribution in [0.15, 0.2) is 12.2 Å². The van der Waals surface area contributed by atoms with Crippen LogP contribution in [0.4, 0.5) is 0 Å². The monoisotopic (exact) mass is 220 g/mol. The van der Waals surface area contributed by atoms with Gasteiger partial charge in [-0.15, -0.1) is 0 Å². The van der Waals surface area contributed by atoms with E-state index < -0.39 is 0 Å². The SMILES string of the molecule is C=C(CNC(C)(C)C)CN(CC#N)CC#N. The minimum Gasteiger partial charge on any atom is -0.308 e. The molecule has 16 heavy (non-hydrogen) atoms. The van der Waals surface area contributed by atoms with Crippen molar-refractivity contribution in [3.05, 3.63) is 12.2 Å². The van der Waals surface area contributed by atoms with Crippen molar-refractivity contribution >= 4 is 0 Å². The Bertz CT molecular complexity index is 284. The normalized spacial score (nSPS) is 10.9. The number of nitrogens with one attached hydrogen (secondary N) is 1. The zero-order valence-electron chi connectivity index (χ0n) is 10.4. The topological polar surface area (TPSA) is 62.9 Å². The van der Waals surface area contributed by atoms with Gasteiger partial charge in [0.2, 0.25) is 0 Å². The lowest BCUT2D eigenvalue weighted by atomic mass is 10.1. The van der Waals surface area contributed by atoms with E-state index in [1.807, 2.05) is 12.1 Å². The van der Waals surface area contributed by atoms with Crippen LogP contribution >= 0.6 is 0 Å². The summed E-state index contributed by atoms with van der Waals surface area (Å²) < 4.78 is 0. The molecule has 0 aromatic carbocycles. The highest BCUT2D eigenvalue weighted by atomic mass is 15.1. The van der Waals surface area contributed by atoms with Gasteiger partial charge in [-0.3, -0.25) is 4.90 Å². The van der Waals surface area contributed by atoms with Gasteiger partial charge in [0.1, 0.15) is 0 Å². The standard InChI is InChI=1S/C12H20N4/c1-11(9-15-12(2,3)4)10-16(7-5-13)8-6-14/h15H,1,7-10H2,2-4H3. The molecule has 0 fully saturated rings. The molecule has 0 aromatic heterocycles. The van der Waals surface area contributed by atoms with Crippen molar-refractivity contribution in [3.63, 3.8) is 0 Å². The summed E-state index contributed by atoms with van der Waals surface area (Å²) >= 11 is 0. The van der Waals surface area contributed by atoms with E-state index in [2.05, 4.69) is 32.7 Å². The Balaban J connectivity index is 4.02. The Morgan fingerprint density at radius 3 is 2.12 bits per heavy atom. The first kappa shape index (κ1) is 14.6. The number of rotatable bonds is 6. The third kappa shape index (κ3) is 7.99. The lowest BCUT2D eigenvalue weighted by Crippen LogP contribution is -2.39. The van der Waals surface area contributed by atoms with Crippen LogP contribution < -0.4 is 5.32 Å². The van der Waals surface area contributed by atoms with Crippen LogP contribution in [0.3, 0.4) is 0 Å². The molecule has 0 aliphatic heterocycles. The highest BCUT2D eigenvalue weighted by Gasteiger charge is 2.10. The van der Waals surface area contributed by atoms with Crippen LogP contribution in [0.2, 0.25) is 0 Å². The van der Waals surface area contributed by atoms with Crippen LogP contribution in [-0.4, -0.2) is 36.6 Å². The Kier molecular flexibility index (Phi) is 6.41. The van der Waals surface area contributed by atoms with Gasteiger partial charge in [0, 0.05) is 18.6 Å². The van der Waals surface area contributed by atoms with E-state index >= 15 is 0 Å². The maximum atomic E-state index is 8.59. The first-order valence-electron chi connectivity index (χ1n) is 5.27. The molecule has 4 nitrogen and oxygen atoms in total. The second-order valence-electron chi connectivity index (χ2n) is 4.81. The van der Waals surface area contributed by atoms with Crippen molar-refractivity contribution in [2.45, 2.75) is 26.3 Å². The summed E-state index contributed by atoms with van der Waals surface area (Å²) in [4.78, 5) is 1.77. The fourth-order valence-corrected chi connectivity index (χ4v) is 1.13. The maximum absolute atomic E-state index is 8.59. The Hall–Kier alpha value is -1.36. The molecule has 4 heteroatoms. The molecule has 0 aromatic rings. The number of nitriles is 2.